The molecule has 1 N–H and O–H groups in total. The van der Waals surface area contributed by atoms with Crippen LogP contribution >= 0.6 is 11.6 Å². The highest BCUT2D eigenvalue weighted by Gasteiger charge is 2.44. The highest BCUT2D eigenvalue weighted by atomic mass is 35.5. The first-order valence-corrected chi connectivity index (χ1v) is 11.9. The molecule has 2 aromatic carbocycles. The second-order valence-corrected chi connectivity index (χ2v) is 9.83. The van der Waals surface area contributed by atoms with Crippen LogP contribution in [0.1, 0.15) is 43.4 Å². The van der Waals surface area contributed by atoms with E-state index >= 15 is 0 Å². The molecule has 2 aromatic rings. The molecule has 0 unspecified atom stereocenters. The molecule has 0 radical (unpaired) electrons. The van der Waals surface area contributed by atoms with Crippen molar-refractivity contribution >= 4 is 17.5 Å². The molecule has 1 spiro atoms. The van der Waals surface area contributed by atoms with Gasteiger partial charge in [0.2, 0.25) is 5.91 Å². The summed E-state index contributed by atoms with van der Waals surface area (Å²) < 4.78 is 0. The maximum atomic E-state index is 13.5. The first-order chi connectivity index (χ1) is 14.9. The fraction of sp³-hybridized carbons (Fsp3) is 0.500. The summed E-state index contributed by atoms with van der Waals surface area (Å²) in [5.74, 6) is 0.213. The lowest BCUT2D eigenvalue weighted by atomic mass is 9.74. The molecule has 1 fully saturated rings. The van der Waals surface area contributed by atoms with Crippen LogP contribution in [0.5, 0.6) is 0 Å². The molecule has 2 aliphatic heterocycles. The van der Waals surface area contributed by atoms with Gasteiger partial charge in [0.05, 0.1) is 6.04 Å². The average Bonchev–Trinajstić information content (AvgIpc) is 2.77. The van der Waals surface area contributed by atoms with E-state index in [2.05, 4.69) is 60.3 Å². The van der Waals surface area contributed by atoms with Crippen LogP contribution in [-0.4, -0.2) is 54.5 Å². The number of hydrogen-bond donors (Lipinski definition) is 1. The first kappa shape index (κ1) is 22.3. The monoisotopic (exact) mass is 439 g/mol. The van der Waals surface area contributed by atoms with Crippen molar-refractivity contribution in [3.05, 3.63) is 70.2 Å². The predicted octanol–water partition coefficient (Wildman–Crippen LogP) is 4.25. The SMILES string of the molecule is CC(C)N[C@H](Cc1ccc(Cl)cc1)C(=O)N1CCC2(CC1)c1ccccc1CCN2C. The van der Waals surface area contributed by atoms with E-state index in [0.29, 0.717) is 6.42 Å². The Morgan fingerprint density at radius 2 is 1.74 bits per heavy atom. The van der Waals surface area contributed by atoms with Gasteiger partial charge in [-0.2, -0.15) is 0 Å². The van der Waals surface area contributed by atoms with Crippen LogP contribution in [0.2, 0.25) is 5.02 Å². The number of rotatable bonds is 5. The van der Waals surface area contributed by atoms with Crippen LogP contribution in [0.25, 0.3) is 0 Å². The molecule has 2 heterocycles. The molecule has 166 valence electrons. The summed E-state index contributed by atoms with van der Waals surface area (Å²) in [4.78, 5) is 18.1. The Morgan fingerprint density at radius 3 is 2.42 bits per heavy atom. The summed E-state index contributed by atoms with van der Waals surface area (Å²) in [6.07, 6.45) is 3.76. The van der Waals surface area contributed by atoms with Crippen LogP contribution in [0.15, 0.2) is 48.5 Å². The van der Waals surface area contributed by atoms with E-state index in [9.17, 15) is 4.79 Å². The fourth-order valence-corrected chi connectivity index (χ4v) is 5.47. The minimum atomic E-state index is -0.216. The quantitative estimate of drug-likeness (QED) is 0.756. The molecular weight excluding hydrogens is 406 g/mol. The highest BCUT2D eigenvalue weighted by molar-refractivity contribution is 6.30. The summed E-state index contributed by atoms with van der Waals surface area (Å²) in [5.41, 5.74) is 4.13. The number of carbonyl (C=O) groups excluding carboxylic acids is 1. The number of amides is 1. The number of likely N-dealkylation sites (tertiary alicyclic amines) is 1. The molecule has 31 heavy (non-hydrogen) atoms. The lowest BCUT2D eigenvalue weighted by molar-refractivity contribution is -0.136. The largest absolute Gasteiger partial charge is 0.341 e. The van der Waals surface area contributed by atoms with Crippen molar-refractivity contribution < 1.29 is 4.79 Å². The zero-order valence-electron chi connectivity index (χ0n) is 18.9. The van der Waals surface area contributed by atoms with Gasteiger partial charge in [0, 0.05) is 36.2 Å². The zero-order valence-corrected chi connectivity index (χ0v) is 19.7. The Bertz CT molecular complexity index is 903. The number of nitrogens with one attached hydrogen (secondary N) is 1. The number of fused-ring (bicyclic) bond motifs is 2. The van der Waals surface area contributed by atoms with Crippen LogP contribution in [0, 0.1) is 0 Å². The number of benzene rings is 2. The minimum Gasteiger partial charge on any atom is -0.341 e. The van der Waals surface area contributed by atoms with E-state index < -0.39 is 0 Å². The standard InChI is InChI=1S/C26H34ClN3O/c1-19(2)28-24(18-20-8-10-22(27)11-9-20)25(31)30-16-13-26(14-17-30)23-7-5-4-6-21(23)12-15-29(26)3/h4-11,19,24,28H,12-18H2,1-3H3/t24-/m1/s1. The molecule has 0 saturated carbocycles. The average molecular weight is 440 g/mol. The molecule has 2 aliphatic rings. The van der Waals surface area contributed by atoms with E-state index in [-0.39, 0.29) is 23.5 Å². The van der Waals surface area contributed by atoms with Crippen molar-refractivity contribution in [3.63, 3.8) is 0 Å². The number of carbonyl (C=O) groups is 1. The first-order valence-electron chi connectivity index (χ1n) is 11.5. The molecule has 4 nitrogen and oxygen atoms in total. The fourth-order valence-electron chi connectivity index (χ4n) is 5.34. The molecule has 0 aliphatic carbocycles. The summed E-state index contributed by atoms with van der Waals surface area (Å²) in [6.45, 7) is 6.88. The van der Waals surface area contributed by atoms with Gasteiger partial charge in [-0.15, -0.1) is 0 Å². The number of hydrogen-bond acceptors (Lipinski definition) is 3. The van der Waals surface area contributed by atoms with Crippen LogP contribution in [0.3, 0.4) is 0 Å². The topological polar surface area (TPSA) is 35.6 Å². The lowest BCUT2D eigenvalue weighted by Crippen LogP contribution is -2.58. The number of piperidine rings is 1. The molecule has 1 atom stereocenters. The Morgan fingerprint density at radius 1 is 1.06 bits per heavy atom. The van der Waals surface area contributed by atoms with E-state index in [1.54, 1.807) is 0 Å². The maximum Gasteiger partial charge on any atom is 0.240 e. The molecule has 0 aromatic heterocycles. The zero-order chi connectivity index (χ0) is 22.0. The van der Waals surface area contributed by atoms with Gasteiger partial charge in [0.1, 0.15) is 0 Å². The summed E-state index contributed by atoms with van der Waals surface area (Å²) in [7, 11) is 2.25. The molecule has 1 saturated heterocycles. The van der Waals surface area contributed by atoms with E-state index in [1.165, 1.54) is 11.1 Å². The third kappa shape index (κ3) is 4.67. The van der Waals surface area contributed by atoms with Gasteiger partial charge in [-0.3, -0.25) is 9.69 Å². The van der Waals surface area contributed by atoms with Crippen LogP contribution < -0.4 is 5.32 Å². The van der Waals surface area contributed by atoms with Gasteiger partial charge in [-0.1, -0.05) is 61.8 Å². The number of nitrogens with zero attached hydrogens (tertiary/aromatic N) is 2. The van der Waals surface area contributed by atoms with E-state index in [1.807, 2.05) is 24.3 Å². The molecule has 5 heteroatoms. The normalized spacial score (nSPS) is 19.5. The maximum absolute atomic E-state index is 13.5. The van der Waals surface area contributed by atoms with E-state index in [0.717, 1.165) is 49.5 Å². The van der Waals surface area contributed by atoms with Crippen molar-refractivity contribution in [3.8, 4) is 0 Å². The molecular formula is C26H34ClN3O. The Hall–Kier alpha value is -1.88. The minimum absolute atomic E-state index is 0.0583. The van der Waals surface area contributed by atoms with Crippen molar-refractivity contribution in [1.82, 2.24) is 15.1 Å². The van der Waals surface area contributed by atoms with Gasteiger partial charge in [0.15, 0.2) is 0 Å². The molecule has 4 rings (SSSR count). The van der Waals surface area contributed by atoms with Crippen molar-refractivity contribution in [1.29, 1.82) is 0 Å². The molecule has 0 bridgehead atoms. The second-order valence-electron chi connectivity index (χ2n) is 9.39. The lowest BCUT2D eigenvalue weighted by Gasteiger charge is -2.51. The van der Waals surface area contributed by atoms with Crippen molar-refractivity contribution in [2.45, 2.75) is 57.2 Å². The predicted molar refractivity (Wildman–Crippen MR) is 127 cm³/mol. The third-order valence-electron chi connectivity index (χ3n) is 7.05. The van der Waals surface area contributed by atoms with Crippen molar-refractivity contribution in [2.24, 2.45) is 0 Å². The van der Waals surface area contributed by atoms with Gasteiger partial charge >= 0.3 is 0 Å². The summed E-state index contributed by atoms with van der Waals surface area (Å²) in [6, 6.07) is 16.7. The van der Waals surface area contributed by atoms with Crippen molar-refractivity contribution in [2.75, 3.05) is 26.7 Å². The van der Waals surface area contributed by atoms with Crippen LogP contribution in [0.4, 0.5) is 0 Å². The Labute approximate surface area is 191 Å². The summed E-state index contributed by atoms with van der Waals surface area (Å²) >= 11 is 6.04. The third-order valence-corrected chi connectivity index (χ3v) is 7.31. The van der Waals surface area contributed by atoms with Gasteiger partial charge in [0.25, 0.3) is 0 Å². The number of halogens is 1. The van der Waals surface area contributed by atoms with Crippen LogP contribution in [-0.2, 0) is 23.2 Å². The Kier molecular flexibility index (Phi) is 6.71. The van der Waals surface area contributed by atoms with Gasteiger partial charge in [-0.25, -0.2) is 0 Å². The summed E-state index contributed by atoms with van der Waals surface area (Å²) in [5, 5.41) is 4.22. The second kappa shape index (κ2) is 9.32. The Balaban J connectivity index is 1.49. The van der Waals surface area contributed by atoms with Gasteiger partial charge < -0.3 is 10.2 Å². The smallest absolute Gasteiger partial charge is 0.240 e. The van der Waals surface area contributed by atoms with E-state index in [4.69, 9.17) is 11.6 Å². The number of likely N-dealkylation sites (N-methyl/N-ethyl adjacent to an activating group) is 1. The highest BCUT2D eigenvalue weighted by Crippen LogP contribution is 2.42. The van der Waals surface area contributed by atoms with Gasteiger partial charge in [-0.05, 0) is 61.6 Å². The molecule has 1 amide bonds.